The summed E-state index contributed by atoms with van der Waals surface area (Å²) in [5.41, 5.74) is 0.526. The second kappa shape index (κ2) is 5.96. The van der Waals surface area contributed by atoms with Gasteiger partial charge in [0.1, 0.15) is 5.78 Å². The largest absolute Gasteiger partial charge is 0.411 e. The normalized spacial score (nSPS) is 31.4. The summed E-state index contributed by atoms with van der Waals surface area (Å²) in [5.74, 6) is 3.23. The predicted molar refractivity (Wildman–Crippen MR) is 71.8 cm³/mol. The molecule has 1 fully saturated rings. The molecule has 1 rings (SSSR count). The van der Waals surface area contributed by atoms with Crippen molar-refractivity contribution in [2.75, 3.05) is 23.5 Å². The summed E-state index contributed by atoms with van der Waals surface area (Å²) >= 11 is 3.52. The number of hydrogen-bond donors (Lipinski definition) is 1. The van der Waals surface area contributed by atoms with Crippen LogP contribution in [0.2, 0.25) is 0 Å². The van der Waals surface area contributed by atoms with Crippen molar-refractivity contribution in [1.29, 1.82) is 0 Å². The maximum Gasteiger partial charge on any atom is 0.137 e. The van der Waals surface area contributed by atoms with Gasteiger partial charge in [-0.1, -0.05) is 5.16 Å². The van der Waals surface area contributed by atoms with Crippen LogP contribution in [0.4, 0.5) is 0 Å². The van der Waals surface area contributed by atoms with E-state index in [1.165, 1.54) is 0 Å². The maximum atomic E-state index is 11.8. The Balaban J connectivity index is 2.83. The third-order valence-electron chi connectivity index (χ3n) is 3.25. The summed E-state index contributed by atoms with van der Waals surface area (Å²) in [5, 5.41) is 12.1. The molecule has 0 aliphatic carbocycles. The van der Waals surface area contributed by atoms with Crippen LogP contribution < -0.4 is 0 Å². The molecule has 16 heavy (non-hydrogen) atoms. The first kappa shape index (κ1) is 13.9. The van der Waals surface area contributed by atoms with E-state index in [9.17, 15) is 4.79 Å². The number of hydrogen-bond acceptors (Lipinski definition) is 5. The van der Waals surface area contributed by atoms with Crippen LogP contribution in [0.25, 0.3) is 0 Å². The van der Waals surface area contributed by atoms with Gasteiger partial charge in [-0.2, -0.15) is 23.5 Å². The van der Waals surface area contributed by atoms with Gasteiger partial charge in [0.25, 0.3) is 0 Å². The number of nitrogens with zero attached hydrogens (tertiary/aromatic N) is 1. The second-order valence-electron chi connectivity index (χ2n) is 4.43. The molecule has 0 spiro atoms. The molecule has 5 heteroatoms. The van der Waals surface area contributed by atoms with E-state index in [0.29, 0.717) is 0 Å². The molecule has 2 unspecified atom stereocenters. The molecular weight excluding hydrogens is 242 g/mol. The number of ketones is 1. The maximum absolute atomic E-state index is 11.8. The monoisotopic (exact) mass is 261 g/mol. The summed E-state index contributed by atoms with van der Waals surface area (Å²) in [6.07, 6.45) is 2.86. The number of carbonyl (C=O) groups is 1. The van der Waals surface area contributed by atoms with E-state index in [0.717, 1.165) is 29.4 Å². The van der Waals surface area contributed by atoms with Gasteiger partial charge in [0.2, 0.25) is 0 Å². The van der Waals surface area contributed by atoms with Crippen LogP contribution in [0.3, 0.4) is 0 Å². The molecule has 1 N–H and O–H groups in total. The first-order chi connectivity index (χ1) is 7.55. The fraction of sp³-hybridized carbons (Fsp3) is 0.818. The smallest absolute Gasteiger partial charge is 0.137 e. The summed E-state index contributed by atoms with van der Waals surface area (Å²) in [6, 6.07) is 0. The van der Waals surface area contributed by atoms with Gasteiger partial charge in [0.15, 0.2) is 0 Å². The Morgan fingerprint density at radius 2 is 2.31 bits per heavy atom. The Hall–Kier alpha value is -0.160. The van der Waals surface area contributed by atoms with E-state index in [1.54, 1.807) is 30.4 Å². The van der Waals surface area contributed by atoms with Crippen molar-refractivity contribution >= 4 is 35.0 Å². The van der Waals surface area contributed by atoms with E-state index >= 15 is 0 Å². The molecule has 0 aromatic rings. The first-order valence-corrected chi connectivity index (χ1v) is 7.87. The van der Waals surface area contributed by atoms with E-state index in [-0.39, 0.29) is 17.1 Å². The van der Waals surface area contributed by atoms with Crippen molar-refractivity contribution in [3.8, 4) is 0 Å². The van der Waals surface area contributed by atoms with E-state index < -0.39 is 0 Å². The van der Waals surface area contributed by atoms with Crippen LogP contribution >= 0.6 is 23.5 Å². The number of Topliss-reactive ketones (excluding diaryl/α,β-unsaturated/α-hetero) is 1. The van der Waals surface area contributed by atoms with Crippen molar-refractivity contribution < 1.29 is 10.0 Å². The predicted octanol–water partition coefficient (Wildman–Crippen LogP) is 2.53. The van der Waals surface area contributed by atoms with Crippen molar-refractivity contribution in [1.82, 2.24) is 0 Å². The molecule has 1 aliphatic heterocycles. The quantitative estimate of drug-likeness (QED) is 0.480. The van der Waals surface area contributed by atoms with Gasteiger partial charge in [-0.15, -0.1) is 0 Å². The van der Waals surface area contributed by atoms with Gasteiger partial charge < -0.3 is 5.21 Å². The molecule has 0 saturated carbocycles. The topological polar surface area (TPSA) is 49.7 Å². The molecule has 1 saturated heterocycles. The van der Waals surface area contributed by atoms with Crippen molar-refractivity contribution in [3.05, 3.63) is 0 Å². The third-order valence-corrected chi connectivity index (χ3v) is 5.49. The zero-order valence-corrected chi connectivity index (χ0v) is 11.7. The lowest BCUT2D eigenvalue weighted by Gasteiger charge is -2.38. The highest BCUT2D eigenvalue weighted by Gasteiger charge is 2.41. The second-order valence-corrected chi connectivity index (χ2v) is 6.32. The number of rotatable bonds is 4. The van der Waals surface area contributed by atoms with Crippen LogP contribution in [-0.4, -0.2) is 40.2 Å². The fourth-order valence-corrected chi connectivity index (χ4v) is 4.74. The average Bonchev–Trinajstić information content (AvgIpc) is 2.28. The van der Waals surface area contributed by atoms with Gasteiger partial charge in [-0.25, -0.2) is 0 Å². The number of oxime groups is 1. The highest BCUT2D eigenvalue weighted by atomic mass is 32.2. The van der Waals surface area contributed by atoms with Crippen molar-refractivity contribution in [3.63, 3.8) is 0 Å². The van der Waals surface area contributed by atoms with Gasteiger partial charge in [-0.3, -0.25) is 4.79 Å². The summed E-state index contributed by atoms with van der Waals surface area (Å²) < 4.78 is 0. The Morgan fingerprint density at radius 3 is 2.81 bits per heavy atom. The lowest BCUT2D eigenvalue weighted by molar-refractivity contribution is -0.125. The molecule has 0 aromatic heterocycles. The lowest BCUT2D eigenvalue weighted by Crippen LogP contribution is -2.42. The zero-order valence-electron chi connectivity index (χ0n) is 10.0. The molecule has 2 atom stereocenters. The third kappa shape index (κ3) is 2.94. The zero-order chi connectivity index (χ0) is 12.2. The highest BCUT2D eigenvalue weighted by Crippen LogP contribution is 2.40. The van der Waals surface area contributed by atoms with Crippen molar-refractivity contribution in [2.45, 2.75) is 20.3 Å². The molecule has 1 aliphatic rings. The Kier molecular flexibility index (Phi) is 5.18. The fourth-order valence-electron chi connectivity index (χ4n) is 2.06. The van der Waals surface area contributed by atoms with E-state index in [2.05, 4.69) is 5.16 Å². The molecular formula is C11H19NO2S2. The minimum atomic E-state index is -0.223. The first-order valence-electron chi connectivity index (χ1n) is 5.32. The molecule has 3 nitrogen and oxygen atoms in total. The molecule has 92 valence electrons. The minimum absolute atomic E-state index is 0.223. The SMILES string of the molecule is CSCC1(C(C)=O)CSCC(C(C)=NO)C1. The van der Waals surface area contributed by atoms with E-state index in [4.69, 9.17) is 5.21 Å². The van der Waals surface area contributed by atoms with Gasteiger partial charge in [-0.05, 0) is 26.5 Å². The molecule has 0 radical (unpaired) electrons. The van der Waals surface area contributed by atoms with Crippen LogP contribution in [0, 0.1) is 11.3 Å². The lowest BCUT2D eigenvalue weighted by atomic mass is 9.78. The van der Waals surface area contributed by atoms with Crippen LogP contribution in [-0.2, 0) is 4.79 Å². The Labute approximate surface area is 105 Å². The van der Waals surface area contributed by atoms with Crippen LogP contribution in [0.1, 0.15) is 20.3 Å². The molecule has 0 amide bonds. The van der Waals surface area contributed by atoms with Crippen LogP contribution in [0.15, 0.2) is 5.16 Å². The van der Waals surface area contributed by atoms with E-state index in [1.807, 2.05) is 13.2 Å². The molecule has 1 heterocycles. The average molecular weight is 261 g/mol. The molecule has 0 aromatic carbocycles. The van der Waals surface area contributed by atoms with Gasteiger partial charge in [0, 0.05) is 28.6 Å². The Bertz CT molecular complexity index is 290. The molecule has 0 bridgehead atoms. The van der Waals surface area contributed by atoms with Gasteiger partial charge >= 0.3 is 0 Å². The summed E-state index contributed by atoms with van der Waals surface area (Å²) in [4.78, 5) is 11.8. The summed E-state index contributed by atoms with van der Waals surface area (Å²) in [7, 11) is 0. The number of carbonyl (C=O) groups excluding carboxylic acids is 1. The van der Waals surface area contributed by atoms with Crippen molar-refractivity contribution in [2.24, 2.45) is 16.5 Å². The summed E-state index contributed by atoms with van der Waals surface area (Å²) in [6.45, 7) is 3.52. The van der Waals surface area contributed by atoms with Crippen LogP contribution in [0.5, 0.6) is 0 Å². The standard InChI is InChI=1S/C11H19NO2S2/c1-8(12-14)10-4-11(6-15-3,9(2)13)7-16-5-10/h10,14H,4-7H2,1-3H3. The highest BCUT2D eigenvalue weighted by molar-refractivity contribution is 8.00. The minimum Gasteiger partial charge on any atom is -0.411 e. The number of thioether (sulfide) groups is 2. The van der Waals surface area contributed by atoms with Gasteiger partial charge in [0.05, 0.1) is 5.71 Å². The Morgan fingerprint density at radius 1 is 1.62 bits per heavy atom.